The maximum absolute atomic E-state index is 12.8. The highest BCUT2D eigenvalue weighted by atomic mass is 19.1. The van der Waals surface area contributed by atoms with Gasteiger partial charge in [-0.1, -0.05) is 0 Å². The number of carbonyl (C=O) groups excluding carboxylic acids is 1. The molecule has 17 heavy (non-hydrogen) atoms. The molecule has 5 heteroatoms. The van der Waals surface area contributed by atoms with Crippen LogP contribution in [0, 0.1) is 5.82 Å². The van der Waals surface area contributed by atoms with Crippen molar-refractivity contribution in [3.05, 3.63) is 29.6 Å². The molecule has 1 aliphatic heterocycles. The molecule has 92 valence electrons. The number of carbonyl (C=O) groups is 1. The first kappa shape index (κ1) is 11.9. The molecule has 1 aliphatic rings. The lowest BCUT2D eigenvalue weighted by Gasteiger charge is -2.23. The van der Waals surface area contributed by atoms with Gasteiger partial charge in [0.1, 0.15) is 11.6 Å². The van der Waals surface area contributed by atoms with Crippen LogP contribution in [0.1, 0.15) is 23.2 Å². The molecule has 0 aromatic heterocycles. The van der Waals surface area contributed by atoms with Gasteiger partial charge >= 0.3 is 0 Å². The number of rotatable bonds is 2. The normalized spacial score (nSPS) is 19.6. The summed E-state index contributed by atoms with van der Waals surface area (Å²) in [6, 6.07) is 3.11. The molecule has 0 aliphatic carbocycles. The first-order valence-corrected chi connectivity index (χ1v) is 5.54. The Morgan fingerprint density at radius 1 is 1.53 bits per heavy atom. The second kappa shape index (κ2) is 4.71. The van der Waals surface area contributed by atoms with Crippen LogP contribution in [-0.2, 0) is 0 Å². The zero-order valence-electron chi connectivity index (χ0n) is 9.27. The number of halogens is 1. The predicted molar refractivity (Wildman–Crippen MR) is 59.2 cm³/mol. The van der Waals surface area contributed by atoms with Crippen molar-refractivity contribution >= 4 is 5.91 Å². The molecular formula is C12H14FNO3. The number of aliphatic hydroxyl groups excluding tert-OH is 1. The molecule has 1 amide bonds. The first-order valence-electron chi connectivity index (χ1n) is 5.54. The van der Waals surface area contributed by atoms with Gasteiger partial charge in [-0.3, -0.25) is 4.79 Å². The Balaban J connectivity index is 2.24. The van der Waals surface area contributed by atoms with Crippen LogP contribution < -0.4 is 0 Å². The molecule has 2 N–H and O–H groups in total. The van der Waals surface area contributed by atoms with Gasteiger partial charge in [0, 0.05) is 12.6 Å². The molecule has 0 bridgehead atoms. The maximum Gasteiger partial charge on any atom is 0.257 e. The summed E-state index contributed by atoms with van der Waals surface area (Å²) in [5, 5.41) is 18.7. The Kier molecular flexibility index (Phi) is 3.28. The Morgan fingerprint density at radius 2 is 2.29 bits per heavy atom. The van der Waals surface area contributed by atoms with Gasteiger partial charge in [-0.2, -0.15) is 0 Å². The van der Waals surface area contributed by atoms with Crippen LogP contribution in [0.15, 0.2) is 18.2 Å². The molecule has 0 radical (unpaired) electrons. The molecule has 4 nitrogen and oxygen atoms in total. The van der Waals surface area contributed by atoms with E-state index in [9.17, 15) is 14.3 Å². The van der Waals surface area contributed by atoms with Gasteiger partial charge in [-0.05, 0) is 25.0 Å². The summed E-state index contributed by atoms with van der Waals surface area (Å²) in [4.78, 5) is 13.6. The predicted octanol–water partition coefficient (Wildman–Crippen LogP) is 1.13. The fourth-order valence-corrected chi connectivity index (χ4v) is 2.13. The number of nitrogens with zero attached hydrogens (tertiary/aromatic N) is 1. The first-order chi connectivity index (χ1) is 8.13. The van der Waals surface area contributed by atoms with Crippen molar-refractivity contribution in [3.63, 3.8) is 0 Å². The second-order valence-corrected chi connectivity index (χ2v) is 4.14. The van der Waals surface area contributed by atoms with Crippen molar-refractivity contribution in [2.75, 3.05) is 13.2 Å². The number of amides is 1. The maximum atomic E-state index is 12.8. The van der Waals surface area contributed by atoms with E-state index in [1.165, 1.54) is 11.0 Å². The van der Waals surface area contributed by atoms with Crippen molar-refractivity contribution < 1.29 is 19.4 Å². The molecule has 0 spiro atoms. The lowest BCUT2D eigenvalue weighted by Crippen LogP contribution is -2.37. The average molecular weight is 239 g/mol. The van der Waals surface area contributed by atoms with Crippen LogP contribution in [0.4, 0.5) is 4.39 Å². The summed E-state index contributed by atoms with van der Waals surface area (Å²) in [7, 11) is 0. The van der Waals surface area contributed by atoms with Crippen molar-refractivity contribution in [1.29, 1.82) is 0 Å². The minimum absolute atomic E-state index is 0.0757. The van der Waals surface area contributed by atoms with E-state index < -0.39 is 5.82 Å². The molecule has 2 rings (SSSR count). The number of likely N-dealkylation sites (tertiary alicyclic amines) is 1. The lowest BCUT2D eigenvalue weighted by molar-refractivity contribution is 0.0674. The molecule has 1 atom stereocenters. The van der Waals surface area contributed by atoms with Gasteiger partial charge in [0.2, 0.25) is 0 Å². The van der Waals surface area contributed by atoms with Gasteiger partial charge in [-0.25, -0.2) is 4.39 Å². The van der Waals surface area contributed by atoms with Crippen LogP contribution in [0.5, 0.6) is 5.75 Å². The van der Waals surface area contributed by atoms with Crippen LogP contribution in [-0.4, -0.2) is 40.2 Å². The molecule has 1 aromatic carbocycles. The van der Waals surface area contributed by atoms with E-state index in [4.69, 9.17) is 5.11 Å². The number of aromatic hydroxyl groups is 1. The van der Waals surface area contributed by atoms with Crippen LogP contribution >= 0.6 is 0 Å². The minimum Gasteiger partial charge on any atom is -0.507 e. The van der Waals surface area contributed by atoms with Crippen molar-refractivity contribution in [2.24, 2.45) is 0 Å². The third-order valence-corrected chi connectivity index (χ3v) is 3.04. The fourth-order valence-electron chi connectivity index (χ4n) is 2.13. The van der Waals surface area contributed by atoms with Crippen LogP contribution in [0.2, 0.25) is 0 Å². The second-order valence-electron chi connectivity index (χ2n) is 4.14. The van der Waals surface area contributed by atoms with Gasteiger partial charge in [0.05, 0.1) is 18.2 Å². The van der Waals surface area contributed by atoms with Crippen molar-refractivity contribution in [3.8, 4) is 5.75 Å². The van der Waals surface area contributed by atoms with Gasteiger partial charge in [0.15, 0.2) is 0 Å². The topological polar surface area (TPSA) is 60.8 Å². The van der Waals surface area contributed by atoms with E-state index in [1.807, 2.05) is 0 Å². The fraction of sp³-hybridized carbons (Fsp3) is 0.417. The summed E-state index contributed by atoms with van der Waals surface area (Å²) in [6.07, 6.45) is 1.59. The zero-order valence-corrected chi connectivity index (χ0v) is 9.27. The molecular weight excluding hydrogens is 225 g/mol. The van der Waals surface area contributed by atoms with Gasteiger partial charge < -0.3 is 15.1 Å². The lowest BCUT2D eigenvalue weighted by atomic mass is 10.1. The Bertz CT molecular complexity index is 436. The van der Waals surface area contributed by atoms with Gasteiger partial charge in [0.25, 0.3) is 5.91 Å². The number of aliphatic hydroxyl groups is 1. The molecule has 0 saturated carbocycles. The van der Waals surface area contributed by atoms with E-state index >= 15 is 0 Å². The number of benzene rings is 1. The summed E-state index contributed by atoms with van der Waals surface area (Å²) in [5.41, 5.74) is 0.0757. The summed E-state index contributed by atoms with van der Waals surface area (Å²) in [6.45, 7) is 0.467. The van der Waals surface area contributed by atoms with Crippen molar-refractivity contribution in [2.45, 2.75) is 18.9 Å². The number of phenols is 1. The third kappa shape index (κ3) is 2.24. The number of phenolic OH excluding ortho intramolecular Hbond substituents is 1. The van der Waals surface area contributed by atoms with E-state index in [0.29, 0.717) is 6.54 Å². The highest BCUT2D eigenvalue weighted by Crippen LogP contribution is 2.24. The van der Waals surface area contributed by atoms with Crippen molar-refractivity contribution in [1.82, 2.24) is 4.90 Å². The SMILES string of the molecule is O=C(c1ccc(F)cc1O)N1CCC[C@@H]1CO. The average Bonchev–Trinajstić information content (AvgIpc) is 2.76. The smallest absolute Gasteiger partial charge is 0.257 e. The summed E-state index contributed by atoms with van der Waals surface area (Å²) in [5.74, 6) is -1.31. The van der Waals surface area contributed by atoms with E-state index in [1.54, 1.807) is 0 Å². The minimum atomic E-state index is -0.584. The summed E-state index contributed by atoms with van der Waals surface area (Å²) >= 11 is 0. The third-order valence-electron chi connectivity index (χ3n) is 3.04. The summed E-state index contributed by atoms with van der Waals surface area (Å²) < 4.78 is 12.8. The molecule has 1 heterocycles. The van der Waals surface area contributed by atoms with Crippen LogP contribution in [0.3, 0.4) is 0 Å². The quantitative estimate of drug-likeness (QED) is 0.813. The zero-order chi connectivity index (χ0) is 12.4. The molecule has 0 unspecified atom stereocenters. The monoisotopic (exact) mass is 239 g/mol. The van der Waals surface area contributed by atoms with E-state index in [-0.39, 0.29) is 29.9 Å². The molecule has 1 fully saturated rings. The van der Waals surface area contributed by atoms with Gasteiger partial charge in [-0.15, -0.1) is 0 Å². The number of hydrogen-bond acceptors (Lipinski definition) is 3. The standard InChI is InChI=1S/C12H14FNO3/c13-8-3-4-10(11(16)6-8)12(17)14-5-1-2-9(14)7-15/h3-4,6,9,15-16H,1-2,5,7H2/t9-/m1/s1. The molecule has 1 aromatic rings. The largest absolute Gasteiger partial charge is 0.507 e. The highest BCUT2D eigenvalue weighted by Gasteiger charge is 2.29. The Morgan fingerprint density at radius 3 is 2.94 bits per heavy atom. The highest BCUT2D eigenvalue weighted by molar-refractivity contribution is 5.97. The Labute approximate surface area is 98.3 Å². The van der Waals surface area contributed by atoms with Crippen LogP contribution in [0.25, 0.3) is 0 Å². The number of hydrogen-bond donors (Lipinski definition) is 2. The molecule has 1 saturated heterocycles. The van der Waals surface area contributed by atoms with E-state index in [0.717, 1.165) is 25.0 Å². The van der Waals surface area contributed by atoms with E-state index in [2.05, 4.69) is 0 Å². The Hall–Kier alpha value is -1.62.